The zero-order valence-electron chi connectivity index (χ0n) is 13.2. The molecule has 0 saturated carbocycles. The Morgan fingerprint density at radius 2 is 1.92 bits per heavy atom. The van der Waals surface area contributed by atoms with Gasteiger partial charge in [-0.05, 0) is 40.3 Å². The predicted octanol–water partition coefficient (Wildman–Crippen LogP) is 1.85. The van der Waals surface area contributed by atoms with Crippen molar-refractivity contribution in [1.82, 2.24) is 25.2 Å². The summed E-state index contributed by atoms with van der Waals surface area (Å²) in [5.74, 6) is -0.319. The summed E-state index contributed by atoms with van der Waals surface area (Å²) in [6.45, 7) is 4.02. The molecule has 0 bridgehead atoms. The van der Waals surface area contributed by atoms with Gasteiger partial charge in [-0.2, -0.15) is 0 Å². The lowest BCUT2D eigenvalue weighted by Crippen LogP contribution is -2.39. The Labute approximate surface area is 143 Å². The van der Waals surface area contributed by atoms with Gasteiger partial charge >= 0.3 is 0 Å². The third-order valence-electron chi connectivity index (χ3n) is 4.09. The Morgan fingerprint density at radius 1 is 1.16 bits per heavy atom. The number of amides is 1. The van der Waals surface area contributed by atoms with Crippen molar-refractivity contribution in [1.29, 1.82) is 0 Å². The molecule has 0 fully saturated rings. The molecule has 0 saturated heterocycles. The Morgan fingerprint density at radius 3 is 2.68 bits per heavy atom. The van der Waals surface area contributed by atoms with E-state index in [4.69, 9.17) is 0 Å². The van der Waals surface area contributed by atoms with Crippen LogP contribution in [0.1, 0.15) is 11.6 Å². The zero-order valence-corrected chi connectivity index (χ0v) is 13.2. The van der Waals surface area contributed by atoms with Gasteiger partial charge in [0.2, 0.25) is 11.9 Å². The molecular formula is C17H15N7O. The molecule has 2 atom stereocenters. The lowest BCUT2D eigenvalue weighted by atomic mass is 9.89. The van der Waals surface area contributed by atoms with Gasteiger partial charge in [0.05, 0.1) is 6.04 Å². The minimum Gasteiger partial charge on any atom is -0.326 e. The minimum absolute atomic E-state index is 0.188. The third-order valence-corrected chi connectivity index (χ3v) is 4.09. The van der Waals surface area contributed by atoms with E-state index in [1.54, 1.807) is 17.1 Å². The number of nitrogens with one attached hydrogen (secondary N) is 2. The second-order valence-electron chi connectivity index (χ2n) is 5.66. The number of rotatable bonds is 3. The summed E-state index contributed by atoms with van der Waals surface area (Å²) in [5.41, 5.74) is 2.13. The van der Waals surface area contributed by atoms with Crippen LogP contribution in [-0.4, -0.2) is 31.1 Å². The fourth-order valence-corrected chi connectivity index (χ4v) is 2.95. The molecule has 1 aromatic carbocycles. The van der Waals surface area contributed by atoms with Gasteiger partial charge in [0.15, 0.2) is 0 Å². The van der Waals surface area contributed by atoms with Crippen molar-refractivity contribution in [2.75, 3.05) is 10.6 Å². The topological polar surface area (TPSA) is 97.6 Å². The summed E-state index contributed by atoms with van der Waals surface area (Å²) in [4.78, 5) is 17.0. The number of aromatic nitrogens is 5. The maximum Gasteiger partial charge on any atom is 0.247 e. The van der Waals surface area contributed by atoms with Gasteiger partial charge in [-0.3, -0.25) is 9.78 Å². The second kappa shape index (κ2) is 6.16. The van der Waals surface area contributed by atoms with E-state index in [2.05, 4.69) is 37.7 Å². The van der Waals surface area contributed by atoms with Crippen LogP contribution in [-0.2, 0) is 4.79 Å². The second-order valence-corrected chi connectivity index (χ2v) is 5.66. The quantitative estimate of drug-likeness (QED) is 0.759. The maximum atomic E-state index is 13.0. The molecule has 0 aliphatic carbocycles. The van der Waals surface area contributed by atoms with E-state index < -0.39 is 12.0 Å². The minimum atomic E-state index is -0.585. The van der Waals surface area contributed by atoms with Crippen LogP contribution in [0.2, 0.25) is 0 Å². The zero-order chi connectivity index (χ0) is 17.2. The van der Waals surface area contributed by atoms with Crippen LogP contribution in [0.4, 0.5) is 11.6 Å². The van der Waals surface area contributed by atoms with Gasteiger partial charge in [-0.25, -0.2) is 4.68 Å². The standard InChI is InChI=1S/C17H15N7O/c1-11-14(16(25)20-13-5-3-2-4-6-13)15(12-7-9-18-10-8-12)24-17(19-11)21-22-23-24/h2-10,14-15H,1H2,(H,20,25)(H,19,21,23). The molecule has 4 rings (SSSR count). The third kappa shape index (κ3) is 2.74. The monoisotopic (exact) mass is 333 g/mol. The summed E-state index contributed by atoms with van der Waals surface area (Å²) in [6, 6.07) is 12.6. The van der Waals surface area contributed by atoms with Crippen molar-refractivity contribution in [3.63, 3.8) is 0 Å². The van der Waals surface area contributed by atoms with Crippen LogP contribution in [0.25, 0.3) is 0 Å². The molecule has 25 heavy (non-hydrogen) atoms. The van der Waals surface area contributed by atoms with Crippen LogP contribution in [0.5, 0.6) is 0 Å². The van der Waals surface area contributed by atoms with Crippen molar-refractivity contribution in [3.05, 3.63) is 72.7 Å². The first kappa shape index (κ1) is 15.0. The largest absolute Gasteiger partial charge is 0.326 e. The molecule has 3 aromatic rings. The van der Waals surface area contributed by atoms with Gasteiger partial charge < -0.3 is 10.6 Å². The molecule has 2 N–H and O–H groups in total. The van der Waals surface area contributed by atoms with E-state index in [-0.39, 0.29) is 5.91 Å². The van der Waals surface area contributed by atoms with E-state index in [0.717, 1.165) is 11.3 Å². The number of carbonyl (C=O) groups is 1. The highest BCUT2D eigenvalue weighted by Gasteiger charge is 2.40. The van der Waals surface area contributed by atoms with E-state index >= 15 is 0 Å². The van der Waals surface area contributed by atoms with Crippen molar-refractivity contribution in [3.8, 4) is 0 Å². The molecule has 124 valence electrons. The van der Waals surface area contributed by atoms with E-state index in [0.29, 0.717) is 11.6 Å². The molecule has 2 unspecified atom stereocenters. The molecule has 2 aromatic heterocycles. The van der Waals surface area contributed by atoms with Gasteiger partial charge in [-0.1, -0.05) is 29.9 Å². The summed E-state index contributed by atoms with van der Waals surface area (Å²) in [7, 11) is 0. The lowest BCUT2D eigenvalue weighted by molar-refractivity contribution is -0.119. The first-order valence-electron chi connectivity index (χ1n) is 7.73. The van der Waals surface area contributed by atoms with Gasteiger partial charge in [-0.15, -0.1) is 0 Å². The van der Waals surface area contributed by atoms with Crippen molar-refractivity contribution < 1.29 is 4.79 Å². The van der Waals surface area contributed by atoms with E-state index in [1.807, 2.05) is 42.5 Å². The Bertz CT molecular complexity index is 907. The summed E-state index contributed by atoms with van der Waals surface area (Å²) in [5, 5.41) is 17.6. The smallest absolute Gasteiger partial charge is 0.247 e. The number of nitrogens with zero attached hydrogens (tertiary/aromatic N) is 5. The highest BCUT2D eigenvalue weighted by atomic mass is 16.2. The number of fused-ring (bicyclic) bond motifs is 1. The molecule has 3 heterocycles. The number of tetrazole rings is 1. The fraction of sp³-hybridized carbons (Fsp3) is 0.118. The van der Waals surface area contributed by atoms with Crippen molar-refractivity contribution >= 4 is 17.5 Å². The number of hydrogen-bond acceptors (Lipinski definition) is 6. The summed E-state index contributed by atoms with van der Waals surface area (Å²) in [6.07, 6.45) is 3.35. The highest BCUT2D eigenvalue weighted by Crippen LogP contribution is 2.37. The van der Waals surface area contributed by atoms with Crippen LogP contribution >= 0.6 is 0 Å². The number of carbonyl (C=O) groups excluding carboxylic acids is 1. The van der Waals surface area contributed by atoms with Crippen molar-refractivity contribution in [2.24, 2.45) is 5.92 Å². The van der Waals surface area contributed by atoms with Crippen molar-refractivity contribution in [2.45, 2.75) is 6.04 Å². The molecule has 1 aliphatic heterocycles. The Hall–Kier alpha value is -3.55. The van der Waals surface area contributed by atoms with Crippen LogP contribution in [0.15, 0.2) is 67.1 Å². The number of pyridine rings is 1. The molecule has 8 heteroatoms. The average molecular weight is 333 g/mol. The number of anilines is 2. The summed E-state index contributed by atoms with van der Waals surface area (Å²) >= 11 is 0. The lowest BCUT2D eigenvalue weighted by Gasteiger charge is -2.33. The first-order valence-corrected chi connectivity index (χ1v) is 7.73. The Balaban J connectivity index is 1.74. The SMILES string of the molecule is C=C1Nc2nnnn2C(c2ccncc2)C1C(=O)Nc1ccccc1. The van der Waals surface area contributed by atoms with Crippen LogP contribution in [0, 0.1) is 5.92 Å². The number of para-hydroxylation sites is 1. The first-order chi connectivity index (χ1) is 12.2. The van der Waals surface area contributed by atoms with E-state index in [1.165, 1.54) is 0 Å². The molecule has 0 radical (unpaired) electrons. The molecule has 0 spiro atoms. The molecule has 1 amide bonds. The van der Waals surface area contributed by atoms with Crippen LogP contribution in [0.3, 0.4) is 0 Å². The maximum absolute atomic E-state index is 13.0. The van der Waals surface area contributed by atoms with Gasteiger partial charge in [0.1, 0.15) is 5.92 Å². The normalized spacial score (nSPS) is 19.0. The summed E-state index contributed by atoms with van der Waals surface area (Å²) < 4.78 is 1.60. The average Bonchev–Trinajstić information content (AvgIpc) is 3.10. The molecule has 1 aliphatic rings. The number of hydrogen-bond donors (Lipinski definition) is 2. The fourth-order valence-electron chi connectivity index (χ4n) is 2.95. The molecule has 8 nitrogen and oxygen atoms in total. The number of benzene rings is 1. The predicted molar refractivity (Wildman–Crippen MR) is 91.5 cm³/mol. The van der Waals surface area contributed by atoms with Gasteiger partial charge in [0.25, 0.3) is 0 Å². The highest BCUT2D eigenvalue weighted by molar-refractivity contribution is 5.95. The Kier molecular flexibility index (Phi) is 3.70. The van der Waals surface area contributed by atoms with E-state index in [9.17, 15) is 4.79 Å². The molecular weight excluding hydrogens is 318 g/mol. The van der Waals surface area contributed by atoms with Gasteiger partial charge in [0, 0.05) is 23.8 Å². The van der Waals surface area contributed by atoms with Crippen LogP contribution < -0.4 is 10.6 Å².